The molecule has 0 aliphatic heterocycles. The first-order chi connectivity index (χ1) is 6.22. The minimum Gasteiger partial charge on any atom is -0.300 e. The summed E-state index contributed by atoms with van der Waals surface area (Å²) in [6.07, 6.45) is 2.99. The van der Waals surface area contributed by atoms with Crippen molar-refractivity contribution in [3.63, 3.8) is 0 Å². The van der Waals surface area contributed by atoms with Gasteiger partial charge in [-0.25, -0.2) is 0 Å². The van der Waals surface area contributed by atoms with E-state index in [1.54, 1.807) is 13.0 Å². The highest BCUT2D eigenvalue weighted by atomic mass is 16.1. The van der Waals surface area contributed by atoms with E-state index in [1.165, 1.54) is 0 Å². The summed E-state index contributed by atoms with van der Waals surface area (Å²) in [5.74, 6) is 0.200. The van der Waals surface area contributed by atoms with Gasteiger partial charge in [-0.1, -0.05) is 12.6 Å². The van der Waals surface area contributed by atoms with Crippen LogP contribution in [-0.2, 0) is 11.2 Å². The number of aromatic nitrogens is 1. The van der Waals surface area contributed by atoms with Crippen molar-refractivity contribution in [1.29, 1.82) is 0 Å². The van der Waals surface area contributed by atoms with Gasteiger partial charge in [0, 0.05) is 12.1 Å². The Kier molecular flexibility index (Phi) is 3.38. The van der Waals surface area contributed by atoms with Crippen molar-refractivity contribution in [3.8, 4) is 0 Å². The number of nitrogens with zero attached hydrogens (tertiary/aromatic N) is 1. The summed E-state index contributed by atoms with van der Waals surface area (Å²) < 4.78 is 0. The van der Waals surface area contributed by atoms with Crippen molar-refractivity contribution in [1.82, 2.24) is 4.98 Å². The van der Waals surface area contributed by atoms with Crippen molar-refractivity contribution in [3.05, 3.63) is 36.2 Å². The van der Waals surface area contributed by atoms with Crippen LogP contribution in [-0.4, -0.2) is 10.8 Å². The molecule has 1 heterocycles. The van der Waals surface area contributed by atoms with Crippen LogP contribution in [0.5, 0.6) is 0 Å². The third-order valence-corrected chi connectivity index (χ3v) is 1.77. The largest absolute Gasteiger partial charge is 0.300 e. The summed E-state index contributed by atoms with van der Waals surface area (Å²) in [7, 11) is 0. The van der Waals surface area contributed by atoms with Crippen LogP contribution < -0.4 is 0 Å². The molecular weight excluding hydrogens is 162 g/mol. The SMILES string of the molecule is C=Cc1cccc(CCC(C)=O)n1. The Hall–Kier alpha value is -1.44. The van der Waals surface area contributed by atoms with Gasteiger partial charge in [-0.15, -0.1) is 0 Å². The first-order valence-corrected chi connectivity index (χ1v) is 4.30. The Morgan fingerprint density at radius 2 is 2.38 bits per heavy atom. The molecule has 0 radical (unpaired) electrons. The number of ketones is 1. The van der Waals surface area contributed by atoms with Crippen LogP contribution in [0.3, 0.4) is 0 Å². The zero-order chi connectivity index (χ0) is 9.68. The average Bonchev–Trinajstić information content (AvgIpc) is 2.15. The van der Waals surface area contributed by atoms with E-state index in [-0.39, 0.29) is 5.78 Å². The lowest BCUT2D eigenvalue weighted by Gasteiger charge is -1.99. The minimum absolute atomic E-state index is 0.200. The molecule has 1 aromatic heterocycles. The molecule has 0 aliphatic carbocycles. The third-order valence-electron chi connectivity index (χ3n) is 1.77. The highest BCUT2D eigenvalue weighted by molar-refractivity contribution is 5.75. The molecule has 0 saturated carbocycles. The highest BCUT2D eigenvalue weighted by Crippen LogP contribution is 2.03. The van der Waals surface area contributed by atoms with Crippen LogP contribution in [0.4, 0.5) is 0 Å². The van der Waals surface area contributed by atoms with E-state index in [2.05, 4.69) is 11.6 Å². The van der Waals surface area contributed by atoms with E-state index in [0.717, 1.165) is 17.8 Å². The van der Waals surface area contributed by atoms with Gasteiger partial charge in [0.05, 0.1) is 5.69 Å². The Morgan fingerprint density at radius 3 is 3.00 bits per heavy atom. The van der Waals surface area contributed by atoms with E-state index in [4.69, 9.17) is 0 Å². The van der Waals surface area contributed by atoms with Crippen LogP contribution in [0.2, 0.25) is 0 Å². The van der Waals surface area contributed by atoms with Crippen molar-refractivity contribution in [2.45, 2.75) is 19.8 Å². The van der Waals surface area contributed by atoms with Crippen LogP contribution in [0.15, 0.2) is 24.8 Å². The molecule has 0 bridgehead atoms. The van der Waals surface area contributed by atoms with Crippen molar-refractivity contribution in [2.75, 3.05) is 0 Å². The van der Waals surface area contributed by atoms with Crippen LogP contribution in [0.25, 0.3) is 6.08 Å². The molecule has 1 aromatic rings. The van der Waals surface area contributed by atoms with Gasteiger partial charge in [0.2, 0.25) is 0 Å². The Labute approximate surface area is 78.3 Å². The number of hydrogen-bond donors (Lipinski definition) is 0. The lowest BCUT2D eigenvalue weighted by atomic mass is 10.1. The quantitative estimate of drug-likeness (QED) is 0.702. The van der Waals surface area contributed by atoms with E-state index >= 15 is 0 Å². The monoisotopic (exact) mass is 175 g/mol. The predicted molar refractivity (Wildman–Crippen MR) is 53.3 cm³/mol. The third kappa shape index (κ3) is 3.20. The minimum atomic E-state index is 0.200. The summed E-state index contributed by atoms with van der Waals surface area (Å²) in [6.45, 7) is 5.23. The number of hydrogen-bond acceptors (Lipinski definition) is 2. The van der Waals surface area contributed by atoms with E-state index in [1.807, 2.05) is 18.2 Å². The van der Waals surface area contributed by atoms with Gasteiger partial charge in [0.25, 0.3) is 0 Å². The first kappa shape index (κ1) is 9.65. The van der Waals surface area contributed by atoms with Gasteiger partial charge in [-0.2, -0.15) is 0 Å². The smallest absolute Gasteiger partial charge is 0.130 e. The Balaban J connectivity index is 2.66. The van der Waals surface area contributed by atoms with Gasteiger partial charge < -0.3 is 4.79 Å². The summed E-state index contributed by atoms with van der Waals surface area (Å²) in [6, 6.07) is 5.75. The molecule has 13 heavy (non-hydrogen) atoms. The molecule has 0 fully saturated rings. The van der Waals surface area contributed by atoms with Gasteiger partial charge in [-0.05, 0) is 31.6 Å². The number of rotatable bonds is 4. The standard InChI is InChI=1S/C11H13NO/c1-3-10-5-4-6-11(12-10)8-7-9(2)13/h3-6H,1,7-8H2,2H3. The summed E-state index contributed by atoms with van der Waals surface area (Å²) in [5.41, 5.74) is 1.81. The number of Topliss-reactive ketones (excluding diaryl/α,β-unsaturated/α-hetero) is 1. The summed E-state index contributed by atoms with van der Waals surface area (Å²) in [4.78, 5) is 15.0. The Morgan fingerprint density at radius 1 is 1.62 bits per heavy atom. The predicted octanol–water partition coefficient (Wildman–Crippen LogP) is 2.25. The van der Waals surface area contributed by atoms with Crippen LogP contribution >= 0.6 is 0 Å². The summed E-state index contributed by atoms with van der Waals surface area (Å²) >= 11 is 0. The van der Waals surface area contributed by atoms with Gasteiger partial charge in [-0.3, -0.25) is 4.98 Å². The van der Waals surface area contributed by atoms with E-state index < -0.39 is 0 Å². The lowest BCUT2D eigenvalue weighted by molar-refractivity contribution is -0.116. The van der Waals surface area contributed by atoms with Crippen molar-refractivity contribution >= 4 is 11.9 Å². The maximum Gasteiger partial charge on any atom is 0.130 e. The molecule has 1 rings (SSSR count). The normalized spacial score (nSPS) is 9.62. The number of carbonyl (C=O) groups is 1. The van der Waals surface area contributed by atoms with Gasteiger partial charge >= 0.3 is 0 Å². The fraction of sp³-hybridized carbons (Fsp3) is 0.273. The zero-order valence-corrected chi connectivity index (χ0v) is 7.79. The van der Waals surface area contributed by atoms with E-state index in [9.17, 15) is 4.79 Å². The molecule has 0 unspecified atom stereocenters. The summed E-state index contributed by atoms with van der Waals surface area (Å²) in [5, 5.41) is 0. The van der Waals surface area contributed by atoms with E-state index in [0.29, 0.717) is 6.42 Å². The van der Waals surface area contributed by atoms with Gasteiger partial charge in [0.1, 0.15) is 5.78 Å². The van der Waals surface area contributed by atoms with Crippen LogP contribution in [0.1, 0.15) is 24.7 Å². The molecule has 0 spiro atoms. The molecule has 0 N–H and O–H groups in total. The second-order valence-corrected chi connectivity index (χ2v) is 2.96. The van der Waals surface area contributed by atoms with Crippen molar-refractivity contribution < 1.29 is 4.79 Å². The average molecular weight is 175 g/mol. The Bertz CT molecular complexity index is 318. The fourth-order valence-electron chi connectivity index (χ4n) is 1.06. The molecule has 0 amide bonds. The highest BCUT2D eigenvalue weighted by Gasteiger charge is 1.97. The molecular formula is C11H13NO. The topological polar surface area (TPSA) is 30.0 Å². The second kappa shape index (κ2) is 4.55. The lowest BCUT2D eigenvalue weighted by Crippen LogP contribution is -1.97. The molecule has 0 aliphatic rings. The molecule has 0 aromatic carbocycles. The van der Waals surface area contributed by atoms with Gasteiger partial charge in [0.15, 0.2) is 0 Å². The number of carbonyl (C=O) groups excluding carboxylic acids is 1. The fourth-order valence-corrected chi connectivity index (χ4v) is 1.06. The number of aryl methyl sites for hydroxylation is 1. The molecule has 0 saturated heterocycles. The maximum atomic E-state index is 10.7. The second-order valence-electron chi connectivity index (χ2n) is 2.96. The zero-order valence-electron chi connectivity index (χ0n) is 7.79. The molecule has 68 valence electrons. The van der Waals surface area contributed by atoms with Crippen molar-refractivity contribution in [2.24, 2.45) is 0 Å². The van der Waals surface area contributed by atoms with Crippen LogP contribution in [0, 0.1) is 0 Å². The molecule has 2 nitrogen and oxygen atoms in total. The molecule has 2 heteroatoms. The maximum absolute atomic E-state index is 10.7. The first-order valence-electron chi connectivity index (χ1n) is 4.30. The molecule has 0 atom stereocenters. The number of pyridine rings is 1.